The molecule has 0 bridgehead atoms. The number of ether oxygens (including phenoxy) is 2. The number of carbonyl (C=O) groups excluding carboxylic acids is 1. The number of carbonyl (C=O) groups is 1. The molecule has 0 N–H and O–H groups in total. The molecule has 0 unspecified atom stereocenters. The van der Waals surface area contributed by atoms with Crippen molar-refractivity contribution in [3.63, 3.8) is 0 Å². The Bertz CT molecular complexity index is 321. The lowest BCUT2D eigenvalue weighted by molar-refractivity contribution is 0.0105. The lowest BCUT2D eigenvalue weighted by atomic mass is 10.1. The molecule has 0 aliphatic heterocycles. The molecule has 1 aromatic rings. The quantitative estimate of drug-likeness (QED) is 0.404. The number of aldehydes is 1. The van der Waals surface area contributed by atoms with E-state index in [1.54, 1.807) is 18.2 Å². The molecule has 0 radical (unpaired) electrons. The lowest BCUT2D eigenvalue weighted by Gasteiger charge is -2.09. The molecule has 0 aliphatic rings. The second-order valence-electron chi connectivity index (χ2n) is 4.01. The van der Waals surface area contributed by atoms with Crippen LogP contribution in [0, 0.1) is 5.92 Å². The molecule has 0 fully saturated rings. The van der Waals surface area contributed by atoms with Gasteiger partial charge in [-0.2, -0.15) is 0 Å². The largest absolute Gasteiger partial charge is 0.467 e. The van der Waals surface area contributed by atoms with Crippen molar-refractivity contribution < 1.29 is 14.3 Å². The minimum Gasteiger partial charge on any atom is -0.467 e. The summed E-state index contributed by atoms with van der Waals surface area (Å²) >= 11 is 0. The molecular formula is C13H18O3. The van der Waals surface area contributed by atoms with E-state index in [1.165, 1.54) is 0 Å². The molecule has 3 heteroatoms. The first-order chi connectivity index (χ1) is 7.74. The first-order valence-electron chi connectivity index (χ1n) is 5.48. The van der Waals surface area contributed by atoms with E-state index in [0.29, 0.717) is 23.8 Å². The van der Waals surface area contributed by atoms with E-state index in [1.807, 2.05) is 6.07 Å². The Morgan fingerprint density at radius 1 is 1.31 bits per heavy atom. The normalized spacial score (nSPS) is 10.4. The molecule has 0 amide bonds. The molecule has 0 atom stereocenters. The van der Waals surface area contributed by atoms with Gasteiger partial charge in [0, 0.05) is 0 Å². The van der Waals surface area contributed by atoms with Gasteiger partial charge in [0.25, 0.3) is 0 Å². The first kappa shape index (κ1) is 12.7. The summed E-state index contributed by atoms with van der Waals surface area (Å²) in [6.45, 7) is 5.16. The Balaban J connectivity index is 2.29. The van der Waals surface area contributed by atoms with E-state index in [0.717, 1.165) is 12.7 Å². The average molecular weight is 222 g/mol. The van der Waals surface area contributed by atoms with Crippen LogP contribution < -0.4 is 4.74 Å². The van der Waals surface area contributed by atoms with Gasteiger partial charge in [-0.1, -0.05) is 26.0 Å². The minimum atomic E-state index is 0.192. The lowest BCUT2D eigenvalue weighted by Crippen LogP contribution is -2.06. The second kappa shape index (κ2) is 7.01. The van der Waals surface area contributed by atoms with Gasteiger partial charge in [-0.15, -0.1) is 0 Å². The van der Waals surface area contributed by atoms with E-state index < -0.39 is 0 Å². The zero-order valence-corrected chi connectivity index (χ0v) is 9.81. The fourth-order valence-corrected chi connectivity index (χ4v) is 1.19. The Hall–Kier alpha value is -1.35. The zero-order valence-electron chi connectivity index (χ0n) is 9.81. The van der Waals surface area contributed by atoms with Crippen LogP contribution in [0.25, 0.3) is 0 Å². The highest BCUT2D eigenvalue weighted by molar-refractivity contribution is 5.79. The topological polar surface area (TPSA) is 35.5 Å². The highest BCUT2D eigenvalue weighted by Gasteiger charge is 2.01. The van der Waals surface area contributed by atoms with Gasteiger partial charge in [-0.25, -0.2) is 0 Å². The van der Waals surface area contributed by atoms with Crippen LogP contribution in [0.15, 0.2) is 24.3 Å². The number of hydrogen-bond donors (Lipinski definition) is 0. The molecule has 0 spiro atoms. The highest BCUT2D eigenvalue weighted by atomic mass is 16.7. The smallest absolute Gasteiger partial charge is 0.189 e. The number of rotatable bonds is 7. The number of benzene rings is 1. The maximum Gasteiger partial charge on any atom is 0.189 e. The molecule has 0 saturated heterocycles. The fourth-order valence-electron chi connectivity index (χ4n) is 1.19. The molecule has 0 saturated carbocycles. The van der Waals surface area contributed by atoms with Crippen LogP contribution in [0.2, 0.25) is 0 Å². The van der Waals surface area contributed by atoms with Crippen LogP contribution in [-0.4, -0.2) is 19.7 Å². The van der Waals surface area contributed by atoms with Crippen LogP contribution in [-0.2, 0) is 4.74 Å². The zero-order chi connectivity index (χ0) is 11.8. The molecular weight excluding hydrogens is 204 g/mol. The summed E-state index contributed by atoms with van der Waals surface area (Å²) in [5.74, 6) is 1.20. The predicted molar refractivity (Wildman–Crippen MR) is 62.7 cm³/mol. The maximum absolute atomic E-state index is 10.7. The maximum atomic E-state index is 10.7. The van der Waals surface area contributed by atoms with E-state index in [4.69, 9.17) is 9.47 Å². The van der Waals surface area contributed by atoms with Crippen LogP contribution in [0.5, 0.6) is 5.75 Å². The fraction of sp³-hybridized carbons (Fsp3) is 0.462. The molecule has 88 valence electrons. The van der Waals surface area contributed by atoms with Crippen molar-refractivity contribution in [2.75, 3.05) is 13.4 Å². The summed E-state index contributed by atoms with van der Waals surface area (Å²) < 4.78 is 10.7. The van der Waals surface area contributed by atoms with Gasteiger partial charge in [-0.05, 0) is 24.5 Å². The minimum absolute atomic E-state index is 0.192. The highest BCUT2D eigenvalue weighted by Crippen LogP contribution is 2.15. The van der Waals surface area contributed by atoms with Gasteiger partial charge in [0.15, 0.2) is 13.1 Å². The van der Waals surface area contributed by atoms with Crippen molar-refractivity contribution >= 4 is 6.29 Å². The number of para-hydroxylation sites is 1. The first-order valence-corrected chi connectivity index (χ1v) is 5.48. The Morgan fingerprint density at radius 2 is 2.06 bits per heavy atom. The van der Waals surface area contributed by atoms with Gasteiger partial charge in [0.05, 0.1) is 12.2 Å². The summed E-state index contributed by atoms with van der Waals surface area (Å²) in [4.78, 5) is 10.7. The van der Waals surface area contributed by atoms with Crippen LogP contribution in [0.1, 0.15) is 30.6 Å². The Labute approximate surface area is 96.4 Å². The summed E-state index contributed by atoms with van der Waals surface area (Å²) in [6.07, 6.45) is 1.79. The van der Waals surface area contributed by atoms with Crippen molar-refractivity contribution in [3.8, 4) is 5.75 Å². The van der Waals surface area contributed by atoms with E-state index >= 15 is 0 Å². The van der Waals surface area contributed by atoms with Gasteiger partial charge < -0.3 is 9.47 Å². The third-order valence-electron chi connectivity index (χ3n) is 2.18. The van der Waals surface area contributed by atoms with Crippen molar-refractivity contribution in [1.29, 1.82) is 0 Å². The number of hydrogen-bond acceptors (Lipinski definition) is 3. The Kier molecular flexibility index (Phi) is 5.57. The van der Waals surface area contributed by atoms with E-state index in [9.17, 15) is 4.79 Å². The molecule has 0 heterocycles. The van der Waals surface area contributed by atoms with Gasteiger partial charge in [0.2, 0.25) is 0 Å². The molecule has 0 aromatic heterocycles. The summed E-state index contributed by atoms with van der Waals surface area (Å²) in [5.41, 5.74) is 0.551. The van der Waals surface area contributed by atoms with Gasteiger partial charge >= 0.3 is 0 Å². The summed E-state index contributed by atoms with van der Waals surface area (Å²) in [7, 11) is 0. The van der Waals surface area contributed by atoms with Crippen molar-refractivity contribution in [1.82, 2.24) is 0 Å². The second-order valence-corrected chi connectivity index (χ2v) is 4.01. The van der Waals surface area contributed by atoms with E-state index in [-0.39, 0.29) is 6.79 Å². The van der Waals surface area contributed by atoms with Crippen LogP contribution >= 0.6 is 0 Å². The van der Waals surface area contributed by atoms with Gasteiger partial charge in [0.1, 0.15) is 5.75 Å². The molecule has 16 heavy (non-hydrogen) atoms. The van der Waals surface area contributed by atoms with Crippen molar-refractivity contribution in [2.45, 2.75) is 20.3 Å². The summed E-state index contributed by atoms with van der Waals surface area (Å²) in [5, 5.41) is 0. The van der Waals surface area contributed by atoms with Crippen LogP contribution in [0.4, 0.5) is 0 Å². The molecule has 0 aliphatic carbocycles. The van der Waals surface area contributed by atoms with Crippen molar-refractivity contribution in [3.05, 3.63) is 29.8 Å². The standard InChI is InChI=1S/C13H18O3/c1-11(2)7-8-15-10-16-13-6-4-3-5-12(13)9-14/h3-6,9,11H,7-8,10H2,1-2H3. The van der Waals surface area contributed by atoms with Crippen molar-refractivity contribution in [2.24, 2.45) is 5.92 Å². The third kappa shape index (κ3) is 4.45. The summed E-state index contributed by atoms with van der Waals surface area (Å²) in [6, 6.07) is 7.11. The van der Waals surface area contributed by atoms with Crippen LogP contribution in [0.3, 0.4) is 0 Å². The molecule has 1 rings (SSSR count). The average Bonchev–Trinajstić information content (AvgIpc) is 2.29. The molecule has 3 nitrogen and oxygen atoms in total. The van der Waals surface area contributed by atoms with Gasteiger partial charge in [-0.3, -0.25) is 4.79 Å². The Morgan fingerprint density at radius 3 is 2.75 bits per heavy atom. The SMILES string of the molecule is CC(C)CCOCOc1ccccc1C=O. The third-order valence-corrected chi connectivity index (χ3v) is 2.18. The monoisotopic (exact) mass is 222 g/mol. The molecule has 1 aromatic carbocycles. The predicted octanol–water partition coefficient (Wildman–Crippen LogP) is 2.90. The van der Waals surface area contributed by atoms with E-state index in [2.05, 4.69) is 13.8 Å².